The number of hydrogen-bond donors (Lipinski definition) is 1. The van der Waals surface area contributed by atoms with Crippen LogP contribution in [0.15, 0.2) is 12.1 Å². The summed E-state index contributed by atoms with van der Waals surface area (Å²) in [6.07, 6.45) is 0. The van der Waals surface area contributed by atoms with Crippen molar-refractivity contribution >= 4 is 11.6 Å². The van der Waals surface area contributed by atoms with E-state index in [0.717, 1.165) is 5.56 Å². The van der Waals surface area contributed by atoms with Gasteiger partial charge < -0.3 is 14.6 Å². The van der Waals surface area contributed by atoms with E-state index in [1.54, 1.807) is 12.1 Å². The first-order chi connectivity index (χ1) is 7.22. The lowest BCUT2D eigenvalue weighted by Crippen LogP contribution is -1.99. The molecule has 3 nitrogen and oxygen atoms in total. The maximum atomic E-state index is 9.70. The molecule has 15 heavy (non-hydrogen) atoms. The lowest BCUT2D eigenvalue weighted by Gasteiger charge is -2.13. The lowest BCUT2D eigenvalue weighted by molar-refractivity contribution is 0.275. The Morgan fingerprint density at radius 2 is 1.87 bits per heavy atom. The van der Waals surface area contributed by atoms with Crippen LogP contribution in [0.2, 0.25) is 0 Å². The molecule has 0 atom stereocenters. The minimum absolute atomic E-state index is 0.0680. The number of ether oxygens (including phenoxy) is 2. The summed E-state index contributed by atoms with van der Waals surface area (Å²) < 4.78 is 10.7. The van der Waals surface area contributed by atoms with Crippen molar-refractivity contribution in [3.8, 4) is 17.2 Å². The van der Waals surface area contributed by atoms with Gasteiger partial charge in [0.1, 0.15) is 0 Å². The van der Waals surface area contributed by atoms with E-state index in [1.165, 1.54) is 0 Å². The minimum atomic E-state index is 0.0680. The van der Waals surface area contributed by atoms with Crippen LogP contribution in [0, 0.1) is 0 Å². The standard InChI is InChI=1S/C11H15ClO3/c1-3-14-10-6-8(7-12)5-9(13)11(10)15-4-2/h5-6,13H,3-4,7H2,1-2H3. The first-order valence-corrected chi connectivity index (χ1v) is 5.43. The Balaban J connectivity index is 3.10. The zero-order valence-corrected chi connectivity index (χ0v) is 9.67. The molecule has 0 unspecified atom stereocenters. The van der Waals surface area contributed by atoms with Gasteiger partial charge in [-0.3, -0.25) is 0 Å². The first kappa shape index (κ1) is 12.0. The molecule has 0 amide bonds. The first-order valence-electron chi connectivity index (χ1n) is 4.90. The van der Waals surface area contributed by atoms with Crippen LogP contribution in [0.4, 0.5) is 0 Å². The summed E-state index contributed by atoms with van der Waals surface area (Å²) in [7, 11) is 0. The molecule has 1 aromatic rings. The molecule has 1 rings (SSSR count). The van der Waals surface area contributed by atoms with Gasteiger partial charge in [0.2, 0.25) is 5.75 Å². The highest BCUT2D eigenvalue weighted by Gasteiger charge is 2.12. The monoisotopic (exact) mass is 230 g/mol. The predicted octanol–water partition coefficient (Wildman–Crippen LogP) is 2.93. The van der Waals surface area contributed by atoms with Crippen molar-refractivity contribution in [1.82, 2.24) is 0 Å². The number of benzene rings is 1. The quantitative estimate of drug-likeness (QED) is 0.791. The molecule has 0 saturated carbocycles. The van der Waals surface area contributed by atoms with Crippen LogP contribution in [0.1, 0.15) is 19.4 Å². The summed E-state index contributed by atoms with van der Waals surface area (Å²) in [5, 5.41) is 9.70. The zero-order chi connectivity index (χ0) is 11.3. The van der Waals surface area contributed by atoms with Gasteiger partial charge in [0.15, 0.2) is 11.5 Å². The molecule has 0 aliphatic carbocycles. The van der Waals surface area contributed by atoms with E-state index in [-0.39, 0.29) is 5.75 Å². The Hall–Kier alpha value is -1.09. The van der Waals surface area contributed by atoms with Crippen LogP contribution in [0.3, 0.4) is 0 Å². The van der Waals surface area contributed by atoms with E-state index >= 15 is 0 Å². The molecule has 0 aliphatic rings. The van der Waals surface area contributed by atoms with Crippen molar-refractivity contribution in [2.24, 2.45) is 0 Å². The Labute approximate surface area is 94.6 Å². The Morgan fingerprint density at radius 3 is 2.40 bits per heavy atom. The summed E-state index contributed by atoms with van der Waals surface area (Å²) in [5.74, 6) is 1.32. The van der Waals surface area contributed by atoms with Crippen molar-refractivity contribution < 1.29 is 14.6 Å². The van der Waals surface area contributed by atoms with E-state index in [9.17, 15) is 5.11 Å². The van der Waals surface area contributed by atoms with Crippen LogP contribution in [0.25, 0.3) is 0 Å². The van der Waals surface area contributed by atoms with Gasteiger partial charge >= 0.3 is 0 Å². The summed E-state index contributed by atoms with van der Waals surface area (Å²) in [6, 6.07) is 3.36. The van der Waals surface area contributed by atoms with Gasteiger partial charge in [0.05, 0.1) is 13.2 Å². The zero-order valence-electron chi connectivity index (χ0n) is 8.92. The largest absolute Gasteiger partial charge is 0.504 e. The van der Waals surface area contributed by atoms with Crippen LogP contribution in [0.5, 0.6) is 17.2 Å². The fourth-order valence-electron chi connectivity index (χ4n) is 1.27. The highest BCUT2D eigenvalue weighted by atomic mass is 35.5. The van der Waals surface area contributed by atoms with E-state index in [1.807, 2.05) is 13.8 Å². The average molecular weight is 231 g/mol. The second-order valence-corrected chi connectivity index (χ2v) is 3.21. The van der Waals surface area contributed by atoms with Gasteiger partial charge in [0.25, 0.3) is 0 Å². The fraction of sp³-hybridized carbons (Fsp3) is 0.455. The van der Waals surface area contributed by atoms with E-state index in [4.69, 9.17) is 21.1 Å². The highest BCUT2D eigenvalue weighted by molar-refractivity contribution is 6.17. The van der Waals surface area contributed by atoms with E-state index in [2.05, 4.69) is 0 Å². The van der Waals surface area contributed by atoms with Crippen molar-refractivity contribution in [1.29, 1.82) is 0 Å². The third-order valence-corrected chi connectivity index (χ3v) is 2.15. The lowest BCUT2D eigenvalue weighted by atomic mass is 10.2. The SMILES string of the molecule is CCOc1cc(CCl)cc(O)c1OCC. The number of phenols is 1. The number of alkyl halides is 1. The van der Waals surface area contributed by atoms with Crippen molar-refractivity contribution in [3.05, 3.63) is 17.7 Å². The third-order valence-electron chi connectivity index (χ3n) is 1.84. The molecular weight excluding hydrogens is 216 g/mol. The van der Waals surface area contributed by atoms with Gasteiger partial charge in [-0.25, -0.2) is 0 Å². The van der Waals surface area contributed by atoms with E-state index < -0.39 is 0 Å². The second kappa shape index (κ2) is 5.71. The summed E-state index contributed by atoms with van der Waals surface area (Å²) in [5.41, 5.74) is 0.807. The number of hydrogen-bond acceptors (Lipinski definition) is 3. The topological polar surface area (TPSA) is 38.7 Å². The molecule has 84 valence electrons. The summed E-state index contributed by atoms with van der Waals surface area (Å²) in [4.78, 5) is 0. The minimum Gasteiger partial charge on any atom is -0.504 e. The molecular formula is C11H15ClO3. The van der Waals surface area contributed by atoms with Crippen LogP contribution < -0.4 is 9.47 Å². The molecule has 4 heteroatoms. The Bertz CT molecular complexity index is 326. The number of aromatic hydroxyl groups is 1. The van der Waals surface area contributed by atoms with Gasteiger partial charge in [-0.05, 0) is 31.5 Å². The number of phenolic OH excluding ortho intramolecular Hbond substituents is 1. The third kappa shape index (κ3) is 2.93. The fourth-order valence-corrected chi connectivity index (χ4v) is 1.43. The molecule has 0 aliphatic heterocycles. The maximum absolute atomic E-state index is 9.70. The smallest absolute Gasteiger partial charge is 0.203 e. The summed E-state index contributed by atoms with van der Waals surface area (Å²) in [6.45, 7) is 4.73. The predicted molar refractivity (Wildman–Crippen MR) is 60.0 cm³/mol. The molecule has 0 aromatic heterocycles. The molecule has 0 fully saturated rings. The van der Waals surface area contributed by atoms with Gasteiger partial charge in [-0.1, -0.05) is 0 Å². The second-order valence-electron chi connectivity index (χ2n) is 2.94. The van der Waals surface area contributed by atoms with Gasteiger partial charge in [0, 0.05) is 5.88 Å². The number of halogens is 1. The normalized spacial score (nSPS) is 10.1. The van der Waals surface area contributed by atoms with Crippen LogP contribution in [-0.4, -0.2) is 18.3 Å². The van der Waals surface area contributed by atoms with Crippen LogP contribution >= 0.6 is 11.6 Å². The van der Waals surface area contributed by atoms with Crippen molar-refractivity contribution in [3.63, 3.8) is 0 Å². The summed E-state index contributed by atoms with van der Waals surface area (Å²) >= 11 is 5.69. The van der Waals surface area contributed by atoms with Gasteiger partial charge in [-0.2, -0.15) is 0 Å². The maximum Gasteiger partial charge on any atom is 0.203 e. The average Bonchev–Trinajstić information content (AvgIpc) is 2.23. The molecule has 1 N–H and O–H groups in total. The Kier molecular flexibility index (Phi) is 4.56. The van der Waals surface area contributed by atoms with E-state index in [0.29, 0.717) is 30.6 Å². The van der Waals surface area contributed by atoms with Gasteiger partial charge in [-0.15, -0.1) is 11.6 Å². The molecule has 0 heterocycles. The molecule has 0 radical (unpaired) electrons. The molecule has 0 bridgehead atoms. The van der Waals surface area contributed by atoms with Crippen molar-refractivity contribution in [2.45, 2.75) is 19.7 Å². The molecule has 1 aromatic carbocycles. The Morgan fingerprint density at radius 1 is 1.20 bits per heavy atom. The van der Waals surface area contributed by atoms with Crippen LogP contribution in [-0.2, 0) is 5.88 Å². The van der Waals surface area contributed by atoms with Crippen molar-refractivity contribution in [2.75, 3.05) is 13.2 Å². The highest BCUT2D eigenvalue weighted by Crippen LogP contribution is 2.38. The molecule has 0 saturated heterocycles. The number of rotatable bonds is 5. The molecule has 0 spiro atoms.